The highest BCUT2D eigenvalue weighted by molar-refractivity contribution is 9.10. The molecule has 0 spiro atoms. The number of hydrogen-bond acceptors (Lipinski definition) is 3. The van der Waals surface area contributed by atoms with Crippen LogP contribution in [0.1, 0.15) is 12.6 Å². The summed E-state index contributed by atoms with van der Waals surface area (Å²) in [6.07, 6.45) is 0.782. The number of aromatic nitrogens is 2. The second-order valence-corrected chi connectivity index (χ2v) is 5.82. The maximum Gasteiger partial charge on any atom is 0.129 e. The summed E-state index contributed by atoms with van der Waals surface area (Å²) in [5.41, 5.74) is 2.68. The minimum Gasteiger partial charge on any atom is -0.496 e. The number of hydrogen-bond donors (Lipinski definition) is 0. The third kappa shape index (κ3) is 3.42. The lowest BCUT2D eigenvalue weighted by Crippen LogP contribution is -2.08. The van der Waals surface area contributed by atoms with Crippen LogP contribution in [0.15, 0.2) is 22.7 Å². The molecule has 0 amide bonds. The zero-order valence-corrected chi connectivity index (χ0v) is 14.7. The van der Waals surface area contributed by atoms with Crippen molar-refractivity contribution in [1.29, 1.82) is 0 Å². The minimum atomic E-state index is 0.576. The number of aryl methyl sites for hydroxylation is 1. The van der Waals surface area contributed by atoms with Gasteiger partial charge >= 0.3 is 0 Å². The fourth-order valence-electron chi connectivity index (χ4n) is 2.17. The molecule has 2 rings (SSSR count). The Morgan fingerprint density at radius 2 is 2.10 bits per heavy atom. The van der Waals surface area contributed by atoms with Crippen LogP contribution in [0.2, 0.25) is 5.02 Å². The molecule has 0 saturated heterocycles. The summed E-state index contributed by atoms with van der Waals surface area (Å²) < 4.78 is 13.5. The third-order valence-corrected chi connectivity index (χ3v) is 4.11. The molecule has 4 nitrogen and oxygen atoms in total. The van der Waals surface area contributed by atoms with Gasteiger partial charge in [0.05, 0.1) is 36.7 Å². The highest BCUT2D eigenvalue weighted by Gasteiger charge is 2.19. The van der Waals surface area contributed by atoms with Crippen molar-refractivity contribution in [2.24, 2.45) is 0 Å². The van der Waals surface area contributed by atoms with Crippen molar-refractivity contribution in [3.05, 3.63) is 33.4 Å². The second kappa shape index (κ2) is 7.29. The van der Waals surface area contributed by atoms with Gasteiger partial charge in [0.1, 0.15) is 5.75 Å². The summed E-state index contributed by atoms with van der Waals surface area (Å²) in [5.74, 6) is 0.757. The Bertz CT molecular complexity index is 628. The van der Waals surface area contributed by atoms with E-state index in [1.807, 2.05) is 29.8 Å². The molecule has 1 heterocycles. The van der Waals surface area contributed by atoms with Crippen LogP contribution in [0, 0.1) is 0 Å². The molecule has 114 valence electrons. The van der Waals surface area contributed by atoms with Crippen LogP contribution in [0.25, 0.3) is 11.3 Å². The van der Waals surface area contributed by atoms with Crippen molar-refractivity contribution in [2.75, 3.05) is 20.8 Å². The van der Waals surface area contributed by atoms with Gasteiger partial charge in [0.25, 0.3) is 0 Å². The summed E-state index contributed by atoms with van der Waals surface area (Å²) in [5, 5.41) is 5.25. The largest absolute Gasteiger partial charge is 0.496 e. The van der Waals surface area contributed by atoms with Crippen LogP contribution in [-0.2, 0) is 17.7 Å². The minimum absolute atomic E-state index is 0.576. The van der Waals surface area contributed by atoms with Gasteiger partial charge in [-0.25, -0.2) is 0 Å². The van der Waals surface area contributed by atoms with Crippen LogP contribution in [0.3, 0.4) is 0 Å². The highest BCUT2D eigenvalue weighted by Crippen LogP contribution is 2.38. The molecular formula is C15H18BrClN2O2. The quantitative estimate of drug-likeness (QED) is 0.762. The predicted octanol–water partition coefficient (Wildman–Crippen LogP) is 4.18. The van der Waals surface area contributed by atoms with Gasteiger partial charge in [0.2, 0.25) is 0 Å². The maximum atomic E-state index is 6.52. The van der Waals surface area contributed by atoms with Crippen molar-refractivity contribution < 1.29 is 9.47 Å². The molecule has 0 aliphatic carbocycles. The van der Waals surface area contributed by atoms with E-state index in [0.29, 0.717) is 18.2 Å². The van der Waals surface area contributed by atoms with Crippen molar-refractivity contribution in [1.82, 2.24) is 9.78 Å². The lowest BCUT2D eigenvalue weighted by molar-refractivity contribution is 0.184. The topological polar surface area (TPSA) is 36.3 Å². The molecule has 1 aromatic heterocycles. The Kier molecular flexibility index (Phi) is 5.67. The molecule has 0 unspecified atom stereocenters. The zero-order chi connectivity index (χ0) is 15.4. The Morgan fingerprint density at radius 3 is 2.71 bits per heavy atom. The summed E-state index contributed by atoms with van der Waals surface area (Å²) in [4.78, 5) is 0. The van der Waals surface area contributed by atoms with Gasteiger partial charge in [-0.1, -0.05) is 34.5 Å². The third-order valence-electron chi connectivity index (χ3n) is 3.22. The SMILES string of the molecule is CCc1nn(CCOC)c(-c2ccc(Br)cc2OC)c1Cl. The average Bonchev–Trinajstić information content (AvgIpc) is 2.81. The fraction of sp³-hybridized carbons (Fsp3) is 0.400. The Balaban J connectivity index is 2.58. The van der Waals surface area contributed by atoms with E-state index < -0.39 is 0 Å². The first-order valence-electron chi connectivity index (χ1n) is 6.70. The molecule has 6 heteroatoms. The van der Waals surface area contributed by atoms with Crippen LogP contribution in [0.5, 0.6) is 5.75 Å². The molecule has 0 saturated carbocycles. The first-order valence-corrected chi connectivity index (χ1v) is 7.87. The van der Waals surface area contributed by atoms with Gasteiger partial charge in [0.15, 0.2) is 0 Å². The molecule has 0 bridgehead atoms. The van der Waals surface area contributed by atoms with E-state index in [-0.39, 0.29) is 0 Å². The molecule has 0 fully saturated rings. The molecule has 2 aromatic rings. The smallest absolute Gasteiger partial charge is 0.129 e. The van der Waals surface area contributed by atoms with Gasteiger partial charge in [-0.15, -0.1) is 0 Å². The Morgan fingerprint density at radius 1 is 1.33 bits per heavy atom. The second-order valence-electron chi connectivity index (χ2n) is 4.52. The number of nitrogens with zero attached hydrogens (tertiary/aromatic N) is 2. The maximum absolute atomic E-state index is 6.52. The molecular weight excluding hydrogens is 356 g/mol. The van der Waals surface area contributed by atoms with Crippen LogP contribution >= 0.6 is 27.5 Å². The lowest BCUT2D eigenvalue weighted by atomic mass is 10.1. The highest BCUT2D eigenvalue weighted by atomic mass is 79.9. The molecule has 0 aliphatic rings. The summed E-state index contributed by atoms with van der Waals surface area (Å²) >= 11 is 9.97. The van der Waals surface area contributed by atoms with E-state index in [4.69, 9.17) is 21.1 Å². The van der Waals surface area contributed by atoms with Crippen molar-refractivity contribution in [3.63, 3.8) is 0 Å². The number of rotatable bonds is 6. The van der Waals surface area contributed by atoms with E-state index in [9.17, 15) is 0 Å². The molecule has 0 aliphatic heterocycles. The molecule has 0 radical (unpaired) electrons. The van der Waals surface area contributed by atoms with E-state index >= 15 is 0 Å². The Labute approximate surface area is 138 Å². The molecule has 21 heavy (non-hydrogen) atoms. The van der Waals surface area contributed by atoms with E-state index in [0.717, 1.165) is 33.6 Å². The normalized spacial score (nSPS) is 10.9. The van der Waals surface area contributed by atoms with Crippen molar-refractivity contribution in [2.45, 2.75) is 19.9 Å². The van der Waals surface area contributed by atoms with E-state index in [1.54, 1.807) is 14.2 Å². The number of ether oxygens (including phenoxy) is 2. The standard InChI is InChI=1S/C15H18BrClN2O2/c1-4-12-14(17)15(19(18-12)7-8-20-2)11-6-5-10(16)9-13(11)21-3/h5-6,9H,4,7-8H2,1-3H3. The van der Waals surface area contributed by atoms with Crippen LogP contribution in [-0.4, -0.2) is 30.6 Å². The van der Waals surface area contributed by atoms with E-state index in [1.165, 1.54) is 0 Å². The number of methoxy groups -OCH3 is 2. The van der Waals surface area contributed by atoms with Crippen LogP contribution in [0.4, 0.5) is 0 Å². The number of halogens is 2. The summed E-state index contributed by atoms with van der Waals surface area (Å²) in [6.45, 7) is 3.26. The van der Waals surface area contributed by atoms with Crippen molar-refractivity contribution >= 4 is 27.5 Å². The fourth-order valence-corrected chi connectivity index (χ4v) is 2.88. The van der Waals surface area contributed by atoms with Gasteiger partial charge < -0.3 is 9.47 Å². The first kappa shape index (κ1) is 16.3. The monoisotopic (exact) mass is 372 g/mol. The van der Waals surface area contributed by atoms with E-state index in [2.05, 4.69) is 21.0 Å². The molecule has 1 aromatic carbocycles. The first-order chi connectivity index (χ1) is 10.1. The molecule has 0 atom stereocenters. The van der Waals surface area contributed by atoms with Gasteiger partial charge in [-0.3, -0.25) is 4.68 Å². The van der Waals surface area contributed by atoms with Crippen molar-refractivity contribution in [3.8, 4) is 17.0 Å². The average molecular weight is 374 g/mol. The molecule has 0 N–H and O–H groups in total. The lowest BCUT2D eigenvalue weighted by Gasteiger charge is -2.12. The van der Waals surface area contributed by atoms with Crippen LogP contribution < -0.4 is 4.74 Å². The number of benzene rings is 1. The Hall–Kier alpha value is -1.04. The summed E-state index contributed by atoms with van der Waals surface area (Å²) in [7, 11) is 3.32. The summed E-state index contributed by atoms with van der Waals surface area (Å²) in [6, 6.07) is 5.87. The van der Waals surface area contributed by atoms with Gasteiger partial charge in [0, 0.05) is 17.1 Å². The predicted molar refractivity (Wildman–Crippen MR) is 88.2 cm³/mol. The van der Waals surface area contributed by atoms with Gasteiger partial charge in [-0.2, -0.15) is 5.10 Å². The van der Waals surface area contributed by atoms with Gasteiger partial charge in [-0.05, 0) is 24.6 Å². The zero-order valence-electron chi connectivity index (χ0n) is 12.3.